The Labute approximate surface area is 213 Å². The number of nitrogens with one attached hydrogen (secondary N) is 3. The molecule has 4 rings (SSSR count). The molecule has 3 N–H and O–H groups in total. The number of hydrogen-bond acceptors (Lipinski definition) is 6. The smallest absolute Gasteiger partial charge is 0.290 e. The maximum atomic E-state index is 11.8. The summed E-state index contributed by atoms with van der Waals surface area (Å²) in [5, 5.41) is 13.3. The Morgan fingerprint density at radius 2 is 1.97 bits per heavy atom. The number of imide groups is 1. The lowest BCUT2D eigenvalue weighted by molar-refractivity contribution is -0.115. The topological polar surface area (TPSA) is 95.0 Å². The molecule has 35 heavy (non-hydrogen) atoms. The molecule has 0 radical (unpaired) electrons. The molecule has 1 aromatic carbocycles. The van der Waals surface area contributed by atoms with Crippen molar-refractivity contribution in [3.8, 4) is 11.1 Å². The van der Waals surface area contributed by atoms with Gasteiger partial charge in [-0.3, -0.25) is 14.9 Å². The first-order valence-corrected chi connectivity index (χ1v) is 13.4. The minimum Gasteiger partial charge on any atom is -0.351 e. The van der Waals surface area contributed by atoms with Crippen LogP contribution < -0.4 is 16.0 Å². The summed E-state index contributed by atoms with van der Waals surface area (Å²) < 4.78 is 0. The molecule has 2 heterocycles. The number of carbonyl (C=O) groups excluding carboxylic acids is 2. The van der Waals surface area contributed by atoms with Crippen molar-refractivity contribution in [3.05, 3.63) is 69.4 Å². The highest BCUT2D eigenvalue weighted by Gasteiger charge is 2.25. The maximum absolute atomic E-state index is 11.8. The van der Waals surface area contributed by atoms with E-state index in [0.29, 0.717) is 22.6 Å². The summed E-state index contributed by atoms with van der Waals surface area (Å²) in [6.07, 6.45) is 7.48. The van der Waals surface area contributed by atoms with Crippen LogP contribution in [0.1, 0.15) is 38.2 Å². The van der Waals surface area contributed by atoms with E-state index in [9.17, 15) is 9.59 Å². The average Bonchev–Trinajstić information content (AvgIpc) is 3.52. The Morgan fingerprint density at radius 1 is 1.17 bits per heavy atom. The van der Waals surface area contributed by atoms with Gasteiger partial charge in [0, 0.05) is 18.6 Å². The highest BCUT2D eigenvalue weighted by molar-refractivity contribution is 8.18. The first-order chi connectivity index (χ1) is 17.0. The van der Waals surface area contributed by atoms with E-state index >= 15 is 0 Å². The van der Waals surface area contributed by atoms with Gasteiger partial charge in [-0.05, 0) is 96.7 Å². The van der Waals surface area contributed by atoms with Crippen LogP contribution in [0.15, 0.2) is 73.8 Å². The number of allylic oxidation sites excluding steroid dienone is 2. The number of rotatable bonds is 7. The van der Waals surface area contributed by atoms with Gasteiger partial charge in [-0.25, -0.2) is 9.98 Å². The van der Waals surface area contributed by atoms with Crippen molar-refractivity contribution in [1.29, 1.82) is 0 Å². The molecule has 2 amide bonds. The maximum Gasteiger partial charge on any atom is 0.290 e. The van der Waals surface area contributed by atoms with E-state index in [1.165, 1.54) is 16.7 Å². The van der Waals surface area contributed by atoms with Crippen LogP contribution in [0.5, 0.6) is 0 Å². The van der Waals surface area contributed by atoms with E-state index in [1.54, 1.807) is 23.5 Å². The molecule has 0 atom stereocenters. The fraction of sp³-hybridized carbons (Fsp3) is 0.308. The number of aliphatic imine (C=N–C) groups is 2. The van der Waals surface area contributed by atoms with Crippen molar-refractivity contribution in [1.82, 2.24) is 16.0 Å². The Hall–Kier alpha value is -3.01. The lowest BCUT2D eigenvalue weighted by Gasteiger charge is -2.30. The van der Waals surface area contributed by atoms with Crippen molar-refractivity contribution in [2.45, 2.75) is 51.2 Å². The zero-order chi connectivity index (χ0) is 24.6. The van der Waals surface area contributed by atoms with Gasteiger partial charge in [0.05, 0.1) is 10.6 Å². The van der Waals surface area contributed by atoms with E-state index in [-0.39, 0.29) is 11.3 Å². The van der Waals surface area contributed by atoms with Crippen LogP contribution in [0.2, 0.25) is 0 Å². The van der Waals surface area contributed by atoms with Gasteiger partial charge < -0.3 is 10.6 Å². The van der Waals surface area contributed by atoms with Crippen LogP contribution in [-0.2, 0) is 11.3 Å². The monoisotopic (exact) mass is 507 g/mol. The van der Waals surface area contributed by atoms with Crippen LogP contribution in [0.25, 0.3) is 11.1 Å². The molecule has 1 aliphatic heterocycles. The summed E-state index contributed by atoms with van der Waals surface area (Å²) in [7, 11) is 0. The van der Waals surface area contributed by atoms with Crippen molar-refractivity contribution in [2.24, 2.45) is 9.98 Å². The highest BCUT2D eigenvalue weighted by Crippen LogP contribution is 2.26. The van der Waals surface area contributed by atoms with Crippen molar-refractivity contribution < 1.29 is 9.59 Å². The molecular formula is C26H29N5O2S2. The van der Waals surface area contributed by atoms with Gasteiger partial charge in [0.15, 0.2) is 0 Å². The second-order valence-corrected chi connectivity index (χ2v) is 10.2. The number of thiophene rings is 1. The molecular weight excluding hydrogens is 478 g/mol. The first-order valence-electron chi connectivity index (χ1n) is 11.6. The fourth-order valence-electron chi connectivity index (χ4n) is 4.15. The van der Waals surface area contributed by atoms with E-state index in [4.69, 9.17) is 0 Å². The predicted octanol–water partition coefficient (Wildman–Crippen LogP) is 5.23. The third-order valence-electron chi connectivity index (χ3n) is 6.04. The van der Waals surface area contributed by atoms with Gasteiger partial charge in [-0.1, -0.05) is 24.3 Å². The quantitative estimate of drug-likeness (QED) is 0.271. The van der Waals surface area contributed by atoms with E-state index in [1.807, 2.05) is 6.92 Å². The predicted molar refractivity (Wildman–Crippen MR) is 146 cm³/mol. The fourth-order valence-corrected chi connectivity index (χ4v) is 5.48. The average molecular weight is 508 g/mol. The third-order valence-corrected chi connectivity index (χ3v) is 7.53. The number of guanidine groups is 1. The normalized spacial score (nSPS) is 22.4. The van der Waals surface area contributed by atoms with Crippen molar-refractivity contribution in [3.63, 3.8) is 0 Å². The zero-order valence-corrected chi connectivity index (χ0v) is 21.3. The molecule has 9 heteroatoms. The van der Waals surface area contributed by atoms with Gasteiger partial charge in [0.2, 0.25) is 5.96 Å². The summed E-state index contributed by atoms with van der Waals surface area (Å²) in [5.41, 5.74) is 4.38. The number of carbonyl (C=O) groups is 2. The van der Waals surface area contributed by atoms with Crippen LogP contribution in [0, 0.1) is 0 Å². The summed E-state index contributed by atoms with van der Waals surface area (Å²) in [6, 6.07) is 11.6. The standard InChI is InChI=1S/C26H29N5O2S2/c1-3-20(14-23-24(32)31-26(33)35-23)29-25(27-2)30-22-9-7-21(8-10-22)28-15-17-5-4-6-18(13-17)19-11-12-34-16-19/h3-6,11-14,16,21-22,28H,2,7-10,15H2,1H3,(H,29,30)(H,31,32,33)/b20-3-,23-14-/t21-,22-. The van der Waals surface area contributed by atoms with E-state index in [0.717, 1.165) is 44.0 Å². The first kappa shape index (κ1) is 25.1. The third kappa shape index (κ3) is 7.00. The van der Waals surface area contributed by atoms with Crippen molar-refractivity contribution in [2.75, 3.05) is 0 Å². The van der Waals surface area contributed by atoms with Gasteiger partial charge in [-0.15, -0.1) is 0 Å². The van der Waals surface area contributed by atoms with Gasteiger partial charge in [0.1, 0.15) is 0 Å². The summed E-state index contributed by atoms with van der Waals surface area (Å²) >= 11 is 2.59. The largest absolute Gasteiger partial charge is 0.351 e. The lowest BCUT2D eigenvalue weighted by atomic mass is 9.91. The molecule has 0 bridgehead atoms. The molecule has 2 aromatic rings. The molecule has 1 aliphatic carbocycles. The summed E-state index contributed by atoms with van der Waals surface area (Å²) in [6.45, 7) is 6.31. The highest BCUT2D eigenvalue weighted by atomic mass is 32.2. The molecule has 2 fully saturated rings. The van der Waals surface area contributed by atoms with E-state index in [2.05, 4.69) is 73.7 Å². The SMILES string of the molecule is C=N\C(=N/C(=C\C)/C=C1\SC(=O)NC1=O)N[C@H]1CC[C@H](NCc2cccc(-c3ccsc3)c2)CC1. The number of benzene rings is 1. The second-order valence-electron chi connectivity index (χ2n) is 8.45. The molecule has 7 nitrogen and oxygen atoms in total. The molecule has 0 unspecified atom stereocenters. The Bertz CT molecular complexity index is 1160. The van der Waals surface area contributed by atoms with Crippen LogP contribution in [-0.4, -0.2) is 35.9 Å². The summed E-state index contributed by atoms with van der Waals surface area (Å²) in [4.78, 5) is 32.0. The number of thioether (sulfide) groups is 1. The minimum absolute atomic E-state index is 0.260. The van der Waals surface area contributed by atoms with Gasteiger partial charge in [-0.2, -0.15) is 11.3 Å². The van der Waals surface area contributed by atoms with Gasteiger partial charge in [0.25, 0.3) is 11.1 Å². The zero-order valence-electron chi connectivity index (χ0n) is 19.6. The molecule has 0 spiro atoms. The minimum atomic E-state index is -0.403. The lowest BCUT2D eigenvalue weighted by Crippen LogP contribution is -2.41. The molecule has 182 valence electrons. The van der Waals surface area contributed by atoms with Gasteiger partial charge >= 0.3 is 0 Å². The van der Waals surface area contributed by atoms with Crippen LogP contribution in [0.4, 0.5) is 4.79 Å². The number of amides is 2. The molecule has 2 aliphatic rings. The Kier molecular flexibility index (Phi) is 8.68. The van der Waals surface area contributed by atoms with Crippen LogP contribution in [0.3, 0.4) is 0 Å². The Balaban J connectivity index is 1.27. The molecule has 1 saturated heterocycles. The Morgan fingerprint density at radius 3 is 2.63 bits per heavy atom. The summed E-state index contributed by atoms with van der Waals surface area (Å²) in [5.74, 6) is 0.0194. The van der Waals surface area contributed by atoms with Crippen molar-refractivity contribution >= 4 is 46.9 Å². The molecule has 1 aromatic heterocycles. The van der Waals surface area contributed by atoms with Crippen LogP contribution >= 0.6 is 23.1 Å². The number of hydrogen-bond donors (Lipinski definition) is 3. The van der Waals surface area contributed by atoms with E-state index < -0.39 is 5.91 Å². The number of nitrogens with zero attached hydrogens (tertiary/aromatic N) is 2. The second kappa shape index (κ2) is 12.1. The molecule has 1 saturated carbocycles.